The fourth-order valence-corrected chi connectivity index (χ4v) is 4.15. The van der Waals surface area contributed by atoms with E-state index in [1.165, 1.54) is 11.3 Å². The molecular weight excluding hydrogens is 373 g/mol. The Kier molecular flexibility index (Phi) is 4.87. The van der Waals surface area contributed by atoms with E-state index >= 15 is 0 Å². The van der Waals surface area contributed by atoms with Crippen LogP contribution in [0.5, 0.6) is 5.75 Å². The highest BCUT2D eigenvalue weighted by Gasteiger charge is 2.31. The zero-order chi connectivity index (χ0) is 17.4. The Bertz CT molecular complexity index is 833. The van der Waals surface area contributed by atoms with Crippen molar-refractivity contribution in [2.45, 2.75) is 12.8 Å². The average Bonchev–Trinajstić information content (AvgIpc) is 3.30. The van der Waals surface area contributed by atoms with E-state index in [2.05, 4.69) is 11.1 Å². The molecule has 1 aliphatic carbocycles. The number of fused-ring (bicyclic) bond motifs is 1. The molecule has 0 aliphatic heterocycles. The van der Waals surface area contributed by atoms with Crippen molar-refractivity contribution in [1.82, 2.24) is 0 Å². The van der Waals surface area contributed by atoms with Gasteiger partial charge in [-0.25, -0.2) is 0 Å². The SMILES string of the molecule is NC(=O)c1c(NC(=O)C2CC2)sc2c(Cl)c(OCC[NH3+])c(Cl)cc12. The summed E-state index contributed by atoms with van der Waals surface area (Å²) in [6.45, 7) is 0.925. The molecule has 0 spiro atoms. The molecule has 0 bridgehead atoms. The molecule has 6 N–H and O–H groups in total. The number of nitrogens with one attached hydrogen (secondary N) is 1. The third kappa shape index (κ3) is 3.17. The number of benzene rings is 1. The van der Waals surface area contributed by atoms with Crippen LogP contribution in [0, 0.1) is 5.92 Å². The van der Waals surface area contributed by atoms with Crippen LogP contribution in [0.15, 0.2) is 6.07 Å². The van der Waals surface area contributed by atoms with Crippen LogP contribution >= 0.6 is 34.5 Å². The molecule has 1 aromatic carbocycles. The minimum atomic E-state index is -0.647. The van der Waals surface area contributed by atoms with Gasteiger partial charge in [0.1, 0.15) is 23.2 Å². The molecule has 0 unspecified atom stereocenters. The molecule has 0 saturated heterocycles. The predicted octanol–water partition coefficient (Wildman–Crippen LogP) is 2.28. The van der Waals surface area contributed by atoms with Crippen LogP contribution in [-0.2, 0) is 4.79 Å². The molecule has 1 aromatic heterocycles. The summed E-state index contributed by atoms with van der Waals surface area (Å²) in [5.41, 5.74) is 9.42. The summed E-state index contributed by atoms with van der Waals surface area (Å²) in [5.74, 6) is -0.413. The molecule has 128 valence electrons. The number of thiophene rings is 1. The van der Waals surface area contributed by atoms with Crippen molar-refractivity contribution < 1.29 is 20.1 Å². The average molecular weight is 389 g/mol. The van der Waals surface area contributed by atoms with Gasteiger partial charge in [-0.15, -0.1) is 11.3 Å². The second-order valence-corrected chi connectivity index (χ2v) is 7.32. The molecular formula is C15H16Cl2N3O3S+. The van der Waals surface area contributed by atoms with Crippen molar-refractivity contribution in [2.75, 3.05) is 18.5 Å². The quantitative estimate of drug-likeness (QED) is 0.705. The van der Waals surface area contributed by atoms with E-state index in [-0.39, 0.29) is 22.4 Å². The van der Waals surface area contributed by atoms with Crippen molar-refractivity contribution >= 4 is 61.4 Å². The predicted molar refractivity (Wildman–Crippen MR) is 95.0 cm³/mol. The normalized spacial score (nSPS) is 14.0. The highest BCUT2D eigenvalue weighted by Crippen LogP contribution is 2.47. The first kappa shape index (κ1) is 17.3. The van der Waals surface area contributed by atoms with Gasteiger partial charge in [0.05, 0.1) is 15.3 Å². The van der Waals surface area contributed by atoms with Gasteiger partial charge in [0.15, 0.2) is 5.75 Å². The Labute approximate surface area is 152 Å². The minimum absolute atomic E-state index is 0.00551. The Balaban J connectivity index is 2.11. The van der Waals surface area contributed by atoms with Crippen LogP contribution in [-0.4, -0.2) is 25.0 Å². The number of hydrogen-bond acceptors (Lipinski definition) is 4. The Hall–Kier alpha value is -1.54. The molecule has 9 heteroatoms. The zero-order valence-corrected chi connectivity index (χ0v) is 15.0. The number of ether oxygens (including phenoxy) is 1. The molecule has 6 nitrogen and oxygen atoms in total. The van der Waals surface area contributed by atoms with Crippen LogP contribution in [0.1, 0.15) is 23.2 Å². The summed E-state index contributed by atoms with van der Waals surface area (Å²) in [5, 5.41) is 4.25. The van der Waals surface area contributed by atoms with Gasteiger partial charge in [-0.05, 0) is 18.9 Å². The first-order chi connectivity index (χ1) is 11.4. The molecule has 1 aliphatic rings. The van der Waals surface area contributed by atoms with Gasteiger partial charge in [-0.2, -0.15) is 0 Å². The Morgan fingerprint density at radius 3 is 2.71 bits per heavy atom. The topological polar surface area (TPSA) is 109 Å². The number of amides is 2. The van der Waals surface area contributed by atoms with E-state index in [0.717, 1.165) is 12.8 Å². The van der Waals surface area contributed by atoms with Crippen molar-refractivity contribution in [1.29, 1.82) is 0 Å². The van der Waals surface area contributed by atoms with E-state index in [0.29, 0.717) is 39.0 Å². The number of carbonyl (C=O) groups is 2. The molecule has 1 fully saturated rings. The van der Waals surface area contributed by atoms with Crippen molar-refractivity contribution in [3.63, 3.8) is 0 Å². The summed E-state index contributed by atoms with van der Waals surface area (Å²) in [6, 6.07) is 1.59. The number of hydrogen-bond donors (Lipinski definition) is 3. The lowest BCUT2D eigenvalue weighted by molar-refractivity contribution is -0.370. The van der Waals surface area contributed by atoms with Crippen LogP contribution in [0.25, 0.3) is 10.1 Å². The number of primary amides is 1. The summed E-state index contributed by atoms with van der Waals surface area (Å²) < 4.78 is 6.14. The summed E-state index contributed by atoms with van der Waals surface area (Å²) in [6.07, 6.45) is 1.72. The van der Waals surface area contributed by atoms with E-state index in [1.54, 1.807) is 6.07 Å². The number of carbonyl (C=O) groups excluding carboxylic acids is 2. The maximum atomic E-state index is 12.0. The van der Waals surface area contributed by atoms with E-state index in [9.17, 15) is 9.59 Å². The maximum absolute atomic E-state index is 12.0. The Morgan fingerprint density at radius 2 is 2.12 bits per heavy atom. The summed E-state index contributed by atoms with van der Waals surface area (Å²) in [4.78, 5) is 23.9. The number of halogens is 2. The minimum Gasteiger partial charge on any atom is -0.485 e. The van der Waals surface area contributed by atoms with Gasteiger partial charge in [0.2, 0.25) is 5.91 Å². The first-order valence-electron chi connectivity index (χ1n) is 7.41. The fourth-order valence-electron chi connectivity index (χ4n) is 2.34. The molecule has 2 aromatic rings. The van der Waals surface area contributed by atoms with Crippen molar-refractivity contribution in [2.24, 2.45) is 11.7 Å². The van der Waals surface area contributed by atoms with Gasteiger partial charge in [0.25, 0.3) is 5.91 Å². The lowest BCUT2D eigenvalue weighted by Gasteiger charge is -2.09. The van der Waals surface area contributed by atoms with Gasteiger partial charge < -0.3 is 21.5 Å². The largest absolute Gasteiger partial charge is 0.485 e. The summed E-state index contributed by atoms with van der Waals surface area (Å²) in [7, 11) is 0. The third-order valence-corrected chi connectivity index (χ3v) is 5.55. The van der Waals surface area contributed by atoms with Gasteiger partial charge in [0, 0.05) is 11.3 Å². The van der Waals surface area contributed by atoms with Crippen LogP contribution < -0.4 is 21.5 Å². The van der Waals surface area contributed by atoms with Gasteiger partial charge in [-0.3, -0.25) is 9.59 Å². The van der Waals surface area contributed by atoms with Gasteiger partial charge >= 0.3 is 0 Å². The molecule has 1 heterocycles. The third-order valence-electron chi connectivity index (χ3n) is 3.65. The van der Waals surface area contributed by atoms with Crippen LogP contribution in [0.2, 0.25) is 10.0 Å². The molecule has 24 heavy (non-hydrogen) atoms. The molecule has 2 amide bonds. The van der Waals surface area contributed by atoms with E-state index < -0.39 is 5.91 Å². The highest BCUT2D eigenvalue weighted by atomic mass is 35.5. The van der Waals surface area contributed by atoms with E-state index in [4.69, 9.17) is 33.7 Å². The number of quaternary nitrogens is 1. The number of nitrogens with two attached hydrogens (primary N) is 1. The van der Waals surface area contributed by atoms with Crippen molar-refractivity contribution in [3.05, 3.63) is 21.7 Å². The standard InChI is InChI=1S/C15H15Cl2N3O3S/c16-8-5-7-9(13(19)21)15(20-14(22)6-1-2-6)24-12(7)10(17)11(8)23-4-3-18/h5-6H,1-4,18H2,(H2,19,21)(H,20,22)/p+1. The monoisotopic (exact) mass is 388 g/mol. The molecule has 3 rings (SSSR count). The van der Waals surface area contributed by atoms with Crippen molar-refractivity contribution in [3.8, 4) is 5.75 Å². The smallest absolute Gasteiger partial charge is 0.252 e. The summed E-state index contributed by atoms with van der Waals surface area (Å²) >= 11 is 13.8. The Morgan fingerprint density at radius 1 is 1.42 bits per heavy atom. The zero-order valence-electron chi connectivity index (χ0n) is 12.7. The lowest BCUT2D eigenvalue weighted by atomic mass is 10.1. The number of rotatable bonds is 6. The van der Waals surface area contributed by atoms with Crippen LogP contribution in [0.3, 0.4) is 0 Å². The first-order valence-corrected chi connectivity index (χ1v) is 8.98. The van der Waals surface area contributed by atoms with Gasteiger partial charge in [-0.1, -0.05) is 23.2 Å². The number of anilines is 1. The second-order valence-electron chi connectivity index (χ2n) is 5.51. The molecule has 0 atom stereocenters. The maximum Gasteiger partial charge on any atom is 0.252 e. The molecule has 0 radical (unpaired) electrons. The fraction of sp³-hybridized carbons (Fsp3) is 0.333. The lowest BCUT2D eigenvalue weighted by Crippen LogP contribution is -2.52. The van der Waals surface area contributed by atoms with Crippen LogP contribution in [0.4, 0.5) is 5.00 Å². The van der Waals surface area contributed by atoms with E-state index in [1.807, 2.05) is 0 Å². The molecule has 1 saturated carbocycles. The highest BCUT2D eigenvalue weighted by molar-refractivity contribution is 7.24. The second kappa shape index (κ2) is 6.76.